The molecule has 0 heterocycles. The van der Waals surface area contributed by atoms with E-state index in [1.807, 2.05) is 43.3 Å². The van der Waals surface area contributed by atoms with Crippen molar-refractivity contribution in [2.45, 2.75) is 18.8 Å². The zero-order valence-electron chi connectivity index (χ0n) is 13.2. The van der Waals surface area contributed by atoms with Gasteiger partial charge in [-0.1, -0.05) is 53.0 Å². The van der Waals surface area contributed by atoms with E-state index in [2.05, 4.69) is 0 Å². The van der Waals surface area contributed by atoms with Crippen molar-refractivity contribution >= 4 is 46.3 Å². The highest BCUT2D eigenvalue weighted by Gasteiger charge is 2.43. The third-order valence-corrected chi connectivity index (χ3v) is 5.20. The average Bonchev–Trinajstić information content (AvgIpc) is 2.56. The molecule has 0 bridgehead atoms. The molecule has 1 aliphatic rings. The summed E-state index contributed by atoms with van der Waals surface area (Å²) in [6, 6.07) is 13.0. The third kappa shape index (κ3) is 2.83. The van der Waals surface area contributed by atoms with Crippen molar-refractivity contribution in [3.05, 3.63) is 74.2 Å². The summed E-state index contributed by atoms with van der Waals surface area (Å²) < 4.78 is 5.01. The zero-order chi connectivity index (χ0) is 17.5. The molecule has 0 saturated carbocycles. The van der Waals surface area contributed by atoms with Crippen molar-refractivity contribution in [1.29, 1.82) is 0 Å². The molecule has 2 aromatic carbocycles. The van der Waals surface area contributed by atoms with Gasteiger partial charge in [0.05, 0.1) is 12.5 Å². The van der Waals surface area contributed by atoms with Crippen molar-refractivity contribution in [1.82, 2.24) is 0 Å². The van der Waals surface area contributed by atoms with Gasteiger partial charge in [-0.25, -0.2) is 0 Å². The number of methoxy groups -OCH3 is 1. The molecule has 0 N–H and O–H groups in total. The zero-order valence-corrected chi connectivity index (χ0v) is 15.5. The summed E-state index contributed by atoms with van der Waals surface area (Å²) in [5.41, 5.74) is 2.66. The lowest BCUT2D eigenvalue weighted by atomic mass is 9.70. The number of ether oxygens (including phenoxy) is 1. The molecule has 2 nitrogen and oxygen atoms in total. The van der Waals surface area contributed by atoms with E-state index in [4.69, 9.17) is 39.5 Å². The molecule has 5 heteroatoms. The maximum atomic E-state index is 12.4. The second kappa shape index (κ2) is 6.44. The second-order valence-electron chi connectivity index (χ2n) is 5.98. The number of carbonyl (C=O) groups excluding carboxylic acids is 1. The Kier molecular flexibility index (Phi) is 4.65. The first kappa shape index (κ1) is 17.3. The van der Waals surface area contributed by atoms with Crippen LogP contribution in [0.5, 0.6) is 0 Å². The van der Waals surface area contributed by atoms with Crippen LogP contribution >= 0.6 is 34.8 Å². The van der Waals surface area contributed by atoms with Crippen LogP contribution in [0.3, 0.4) is 0 Å². The van der Waals surface area contributed by atoms with Gasteiger partial charge in [0.2, 0.25) is 0 Å². The molecule has 1 unspecified atom stereocenters. The highest BCUT2D eigenvalue weighted by Crippen LogP contribution is 2.47. The second-order valence-corrected chi connectivity index (χ2v) is 7.31. The molecule has 24 heavy (non-hydrogen) atoms. The van der Waals surface area contributed by atoms with Crippen LogP contribution in [0.1, 0.15) is 30.0 Å². The van der Waals surface area contributed by atoms with E-state index in [0.29, 0.717) is 21.5 Å². The molecule has 0 aliphatic heterocycles. The van der Waals surface area contributed by atoms with E-state index >= 15 is 0 Å². The Morgan fingerprint density at radius 3 is 2.29 bits per heavy atom. The molecule has 0 aromatic heterocycles. The smallest absolute Gasteiger partial charge is 0.316 e. The number of rotatable bonds is 2. The van der Waals surface area contributed by atoms with Gasteiger partial charge in [-0.3, -0.25) is 4.79 Å². The van der Waals surface area contributed by atoms with Gasteiger partial charge in [-0.15, -0.1) is 0 Å². The van der Waals surface area contributed by atoms with Crippen LogP contribution in [0.25, 0.3) is 5.57 Å². The normalized spacial score (nSPS) is 19.9. The largest absolute Gasteiger partial charge is 0.468 e. The highest BCUT2D eigenvalue weighted by atomic mass is 35.5. The molecular formula is C19H15Cl3O2. The number of benzene rings is 2. The SMILES string of the molecule is COC(=O)C1(C)CC(Cl)=C(c2ccc(Cl)cc2)c2ccc(Cl)cc21. The van der Waals surface area contributed by atoms with Gasteiger partial charge in [-0.05, 0) is 47.9 Å². The molecule has 0 amide bonds. The Morgan fingerprint density at radius 2 is 1.67 bits per heavy atom. The monoisotopic (exact) mass is 380 g/mol. The van der Waals surface area contributed by atoms with E-state index in [1.54, 1.807) is 6.07 Å². The molecule has 1 atom stereocenters. The quantitative estimate of drug-likeness (QED) is 0.612. The Labute approximate surface area is 156 Å². The maximum Gasteiger partial charge on any atom is 0.316 e. The third-order valence-electron chi connectivity index (χ3n) is 4.39. The van der Waals surface area contributed by atoms with Gasteiger partial charge < -0.3 is 4.74 Å². The van der Waals surface area contributed by atoms with Crippen LogP contribution in [0.2, 0.25) is 10.0 Å². The summed E-state index contributed by atoms with van der Waals surface area (Å²) in [6.07, 6.45) is 0.354. The number of carbonyl (C=O) groups is 1. The van der Waals surface area contributed by atoms with Gasteiger partial charge in [0.25, 0.3) is 0 Å². The Morgan fingerprint density at radius 1 is 1.04 bits per heavy atom. The van der Waals surface area contributed by atoms with Crippen molar-refractivity contribution < 1.29 is 9.53 Å². The fourth-order valence-corrected chi connectivity index (χ4v) is 3.94. The van der Waals surface area contributed by atoms with Crippen LogP contribution in [-0.2, 0) is 14.9 Å². The average molecular weight is 382 g/mol. The van der Waals surface area contributed by atoms with Gasteiger partial charge in [-0.2, -0.15) is 0 Å². The summed E-state index contributed by atoms with van der Waals surface area (Å²) in [7, 11) is 1.38. The van der Waals surface area contributed by atoms with Crippen molar-refractivity contribution in [3.8, 4) is 0 Å². The summed E-state index contributed by atoms with van der Waals surface area (Å²) in [6.45, 7) is 1.83. The summed E-state index contributed by atoms with van der Waals surface area (Å²) in [5, 5.41) is 1.83. The number of fused-ring (bicyclic) bond motifs is 1. The molecule has 3 rings (SSSR count). The summed E-state index contributed by atoms with van der Waals surface area (Å²) >= 11 is 18.8. The first-order chi connectivity index (χ1) is 11.4. The van der Waals surface area contributed by atoms with E-state index < -0.39 is 5.41 Å². The Hall–Kier alpha value is -1.48. The predicted molar refractivity (Wildman–Crippen MR) is 98.8 cm³/mol. The van der Waals surface area contributed by atoms with Crippen molar-refractivity contribution in [2.75, 3.05) is 7.11 Å². The number of halogens is 3. The van der Waals surface area contributed by atoms with Gasteiger partial charge in [0, 0.05) is 27.1 Å². The minimum atomic E-state index is -0.873. The van der Waals surface area contributed by atoms with Crippen LogP contribution in [0.4, 0.5) is 0 Å². The standard InChI is InChI=1S/C19H15Cl3O2/c1-19(18(23)24-2)10-16(22)17(11-3-5-12(20)6-4-11)14-8-7-13(21)9-15(14)19/h3-9H,10H2,1-2H3. The first-order valence-electron chi connectivity index (χ1n) is 7.40. The van der Waals surface area contributed by atoms with Crippen molar-refractivity contribution in [2.24, 2.45) is 0 Å². The summed E-state index contributed by atoms with van der Waals surface area (Å²) in [4.78, 5) is 12.4. The fraction of sp³-hybridized carbons (Fsp3) is 0.211. The summed E-state index contributed by atoms with van der Waals surface area (Å²) in [5.74, 6) is -0.334. The Balaban J connectivity index is 2.25. The van der Waals surface area contributed by atoms with Gasteiger partial charge >= 0.3 is 5.97 Å². The van der Waals surface area contributed by atoms with Gasteiger partial charge in [0.1, 0.15) is 0 Å². The van der Waals surface area contributed by atoms with E-state index in [9.17, 15) is 4.79 Å². The van der Waals surface area contributed by atoms with Gasteiger partial charge in [0.15, 0.2) is 0 Å². The van der Waals surface area contributed by atoms with Crippen LogP contribution in [0.15, 0.2) is 47.5 Å². The lowest BCUT2D eigenvalue weighted by Gasteiger charge is -2.34. The number of hydrogen-bond acceptors (Lipinski definition) is 2. The molecule has 0 fully saturated rings. The number of allylic oxidation sites excluding steroid dienone is 1. The number of hydrogen-bond donors (Lipinski definition) is 0. The van der Waals surface area contributed by atoms with Crippen LogP contribution in [0, 0.1) is 0 Å². The molecule has 0 radical (unpaired) electrons. The molecule has 124 valence electrons. The minimum Gasteiger partial charge on any atom is -0.468 e. The molecule has 1 aliphatic carbocycles. The Bertz CT molecular complexity index is 840. The fourth-order valence-electron chi connectivity index (χ4n) is 3.17. The highest BCUT2D eigenvalue weighted by molar-refractivity contribution is 6.35. The molecule has 2 aromatic rings. The molecule has 0 spiro atoms. The maximum absolute atomic E-state index is 12.4. The van der Waals surface area contributed by atoms with Crippen molar-refractivity contribution in [3.63, 3.8) is 0 Å². The minimum absolute atomic E-state index is 0.334. The first-order valence-corrected chi connectivity index (χ1v) is 8.53. The molecule has 0 saturated heterocycles. The lowest BCUT2D eigenvalue weighted by molar-refractivity contribution is -0.146. The lowest BCUT2D eigenvalue weighted by Crippen LogP contribution is -2.37. The predicted octanol–water partition coefficient (Wildman–Crippen LogP) is 5.83. The van der Waals surface area contributed by atoms with E-state index in [1.165, 1.54) is 7.11 Å². The number of esters is 1. The topological polar surface area (TPSA) is 26.3 Å². The van der Waals surface area contributed by atoms with E-state index in [0.717, 1.165) is 22.3 Å². The van der Waals surface area contributed by atoms with Crippen LogP contribution < -0.4 is 0 Å². The van der Waals surface area contributed by atoms with E-state index in [-0.39, 0.29) is 5.97 Å². The molecular weight excluding hydrogens is 367 g/mol. The van der Waals surface area contributed by atoms with Crippen LogP contribution in [-0.4, -0.2) is 13.1 Å².